The van der Waals surface area contributed by atoms with Gasteiger partial charge in [0.05, 0.1) is 5.56 Å². The molecule has 1 N–H and O–H groups in total. The van der Waals surface area contributed by atoms with Crippen molar-refractivity contribution in [1.29, 1.82) is 0 Å². The molecule has 1 fully saturated rings. The van der Waals surface area contributed by atoms with Crippen molar-refractivity contribution >= 4 is 17.8 Å². The molecule has 6 nitrogen and oxygen atoms in total. The number of amides is 2. The zero-order valence-electron chi connectivity index (χ0n) is 15.1. The summed E-state index contributed by atoms with van der Waals surface area (Å²) in [6, 6.07) is 5.59. The van der Waals surface area contributed by atoms with Gasteiger partial charge in [0.2, 0.25) is 11.9 Å². The predicted octanol–water partition coefficient (Wildman–Crippen LogP) is 3.23. The molecule has 9 heteroatoms. The van der Waals surface area contributed by atoms with Gasteiger partial charge in [-0.15, -0.1) is 0 Å². The Kier molecular flexibility index (Phi) is 5.62. The number of nitrogens with one attached hydrogen (secondary N) is 1. The van der Waals surface area contributed by atoms with Crippen molar-refractivity contribution in [2.24, 2.45) is 11.8 Å². The molecule has 3 rings (SSSR count). The Balaban J connectivity index is 1.71. The highest BCUT2D eigenvalue weighted by Gasteiger charge is 2.36. The quantitative estimate of drug-likeness (QED) is 0.819. The monoisotopic (exact) mass is 392 g/mol. The van der Waals surface area contributed by atoms with E-state index in [1.807, 2.05) is 6.92 Å². The van der Waals surface area contributed by atoms with Gasteiger partial charge in [0, 0.05) is 24.5 Å². The van der Waals surface area contributed by atoms with E-state index in [1.165, 1.54) is 17.3 Å². The maximum Gasteiger partial charge on any atom is 0.416 e. The maximum absolute atomic E-state index is 12.8. The Bertz CT molecular complexity index is 841. The highest BCUT2D eigenvalue weighted by Crippen LogP contribution is 2.38. The first-order valence-corrected chi connectivity index (χ1v) is 8.77. The summed E-state index contributed by atoms with van der Waals surface area (Å²) in [5.74, 6) is -0.117. The average molecular weight is 392 g/mol. The molecular weight excluding hydrogens is 373 g/mol. The largest absolute Gasteiger partial charge is 0.416 e. The SMILES string of the molecule is C[C@H]1CC1CN(CC(=O)Nc1ncccn1)C(=O)c1ccc(C(F)(F)F)cc1. The summed E-state index contributed by atoms with van der Waals surface area (Å²) in [6.45, 7) is 2.18. The Labute approximate surface area is 159 Å². The molecule has 148 valence electrons. The fourth-order valence-corrected chi connectivity index (χ4v) is 2.84. The van der Waals surface area contributed by atoms with Gasteiger partial charge in [0.1, 0.15) is 6.54 Å². The number of rotatable bonds is 6. The van der Waals surface area contributed by atoms with Gasteiger partial charge < -0.3 is 4.90 Å². The van der Waals surface area contributed by atoms with Gasteiger partial charge in [-0.05, 0) is 48.6 Å². The van der Waals surface area contributed by atoms with Crippen molar-refractivity contribution in [2.75, 3.05) is 18.4 Å². The number of alkyl halides is 3. The lowest BCUT2D eigenvalue weighted by molar-refractivity contribution is -0.137. The first kappa shape index (κ1) is 19.8. The summed E-state index contributed by atoms with van der Waals surface area (Å²) in [4.78, 5) is 34.2. The van der Waals surface area contributed by atoms with Crippen LogP contribution >= 0.6 is 0 Å². The Morgan fingerprint density at radius 3 is 2.32 bits per heavy atom. The van der Waals surface area contributed by atoms with Crippen LogP contribution in [0.5, 0.6) is 0 Å². The number of aromatic nitrogens is 2. The van der Waals surface area contributed by atoms with E-state index >= 15 is 0 Å². The highest BCUT2D eigenvalue weighted by molar-refractivity contribution is 5.98. The molecule has 1 aromatic heterocycles. The third kappa shape index (κ3) is 5.05. The molecule has 0 bridgehead atoms. The van der Waals surface area contributed by atoms with E-state index in [4.69, 9.17) is 0 Å². The first-order valence-electron chi connectivity index (χ1n) is 8.77. The molecule has 1 aromatic carbocycles. The van der Waals surface area contributed by atoms with Crippen molar-refractivity contribution in [1.82, 2.24) is 14.9 Å². The van der Waals surface area contributed by atoms with Gasteiger partial charge in [0.25, 0.3) is 5.91 Å². The second-order valence-corrected chi connectivity index (χ2v) is 6.85. The fourth-order valence-electron chi connectivity index (χ4n) is 2.84. The Hall–Kier alpha value is -2.97. The summed E-state index contributed by atoms with van der Waals surface area (Å²) in [7, 11) is 0. The summed E-state index contributed by atoms with van der Waals surface area (Å²) >= 11 is 0. The van der Waals surface area contributed by atoms with Gasteiger partial charge in [-0.2, -0.15) is 13.2 Å². The lowest BCUT2D eigenvalue weighted by Gasteiger charge is -2.22. The van der Waals surface area contributed by atoms with Crippen molar-refractivity contribution < 1.29 is 22.8 Å². The smallest absolute Gasteiger partial charge is 0.329 e. The highest BCUT2D eigenvalue weighted by atomic mass is 19.4. The maximum atomic E-state index is 12.8. The average Bonchev–Trinajstić information content (AvgIpc) is 3.35. The van der Waals surface area contributed by atoms with E-state index in [0.29, 0.717) is 12.5 Å². The number of hydrogen-bond donors (Lipinski definition) is 1. The van der Waals surface area contributed by atoms with Crippen molar-refractivity contribution in [3.63, 3.8) is 0 Å². The van der Waals surface area contributed by atoms with Crippen LogP contribution in [0.4, 0.5) is 19.1 Å². The van der Waals surface area contributed by atoms with E-state index in [0.717, 1.165) is 30.7 Å². The number of halogens is 3. The van der Waals surface area contributed by atoms with Crippen LogP contribution in [0.1, 0.15) is 29.3 Å². The molecule has 0 spiro atoms. The number of carbonyl (C=O) groups excluding carboxylic acids is 2. The van der Waals surface area contributed by atoms with Crippen LogP contribution in [0, 0.1) is 11.8 Å². The minimum Gasteiger partial charge on any atom is -0.329 e. The summed E-state index contributed by atoms with van der Waals surface area (Å²) in [6.07, 6.45) is -0.584. The summed E-state index contributed by atoms with van der Waals surface area (Å²) < 4.78 is 38.2. The molecule has 2 atom stereocenters. The molecule has 1 heterocycles. The minimum atomic E-state index is -4.47. The van der Waals surface area contributed by atoms with Crippen LogP contribution in [0.2, 0.25) is 0 Å². The van der Waals surface area contributed by atoms with Gasteiger partial charge in [-0.1, -0.05) is 6.92 Å². The van der Waals surface area contributed by atoms with Crippen molar-refractivity contribution in [2.45, 2.75) is 19.5 Å². The molecule has 1 saturated carbocycles. The van der Waals surface area contributed by atoms with Crippen LogP contribution < -0.4 is 5.32 Å². The third-order valence-corrected chi connectivity index (χ3v) is 4.63. The third-order valence-electron chi connectivity index (χ3n) is 4.63. The normalized spacial score (nSPS) is 18.4. The predicted molar refractivity (Wildman–Crippen MR) is 95.3 cm³/mol. The molecule has 0 radical (unpaired) electrons. The van der Waals surface area contributed by atoms with Crippen molar-refractivity contribution in [3.05, 3.63) is 53.9 Å². The Morgan fingerprint density at radius 2 is 1.79 bits per heavy atom. The molecule has 1 unspecified atom stereocenters. The molecule has 0 saturated heterocycles. The molecule has 1 aliphatic rings. The Morgan fingerprint density at radius 1 is 1.18 bits per heavy atom. The van der Waals surface area contributed by atoms with E-state index in [9.17, 15) is 22.8 Å². The fraction of sp³-hybridized carbons (Fsp3) is 0.368. The van der Waals surface area contributed by atoms with Crippen LogP contribution in [0.15, 0.2) is 42.7 Å². The standard InChI is InChI=1S/C19H19F3N4O2/c1-12-9-14(12)10-26(11-16(27)25-18-23-7-2-8-24-18)17(28)13-3-5-15(6-4-13)19(20,21)22/h2-8,12,14H,9-11H2,1H3,(H,23,24,25,27)/t12-,14?/m0/s1. The number of hydrogen-bond acceptors (Lipinski definition) is 4. The number of benzene rings is 1. The van der Waals surface area contributed by atoms with Crippen LogP contribution in [0.25, 0.3) is 0 Å². The topological polar surface area (TPSA) is 75.2 Å². The van der Waals surface area contributed by atoms with E-state index < -0.39 is 23.6 Å². The number of nitrogens with zero attached hydrogens (tertiary/aromatic N) is 3. The van der Waals surface area contributed by atoms with Crippen LogP contribution in [0.3, 0.4) is 0 Å². The number of anilines is 1. The molecule has 0 aliphatic heterocycles. The number of carbonyl (C=O) groups is 2. The molecule has 2 amide bonds. The van der Waals surface area contributed by atoms with E-state index in [2.05, 4.69) is 15.3 Å². The van der Waals surface area contributed by atoms with E-state index in [1.54, 1.807) is 6.07 Å². The lowest BCUT2D eigenvalue weighted by atomic mass is 10.1. The first-order chi connectivity index (χ1) is 13.2. The van der Waals surface area contributed by atoms with Crippen LogP contribution in [-0.4, -0.2) is 39.8 Å². The second-order valence-electron chi connectivity index (χ2n) is 6.85. The zero-order chi connectivity index (χ0) is 20.3. The molecule has 2 aromatic rings. The van der Waals surface area contributed by atoms with Crippen LogP contribution in [-0.2, 0) is 11.0 Å². The second kappa shape index (κ2) is 7.95. The van der Waals surface area contributed by atoms with Gasteiger partial charge in [0.15, 0.2) is 0 Å². The van der Waals surface area contributed by atoms with Gasteiger partial charge >= 0.3 is 6.18 Å². The molecular formula is C19H19F3N4O2. The van der Waals surface area contributed by atoms with Crippen molar-refractivity contribution in [3.8, 4) is 0 Å². The lowest BCUT2D eigenvalue weighted by Crippen LogP contribution is -2.39. The zero-order valence-corrected chi connectivity index (χ0v) is 15.1. The summed E-state index contributed by atoms with van der Waals surface area (Å²) in [5.41, 5.74) is -0.726. The molecule has 1 aliphatic carbocycles. The van der Waals surface area contributed by atoms with Gasteiger partial charge in [-0.3, -0.25) is 14.9 Å². The van der Waals surface area contributed by atoms with Gasteiger partial charge in [-0.25, -0.2) is 9.97 Å². The molecule has 28 heavy (non-hydrogen) atoms. The summed E-state index contributed by atoms with van der Waals surface area (Å²) in [5, 5.41) is 2.51. The van der Waals surface area contributed by atoms with E-state index in [-0.39, 0.29) is 24.0 Å². The minimum absolute atomic E-state index is 0.102.